The van der Waals surface area contributed by atoms with Crippen molar-refractivity contribution in [2.45, 2.75) is 19.9 Å². The van der Waals surface area contributed by atoms with Crippen LogP contribution >= 0.6 is 0 Å². The van der Waals surface area contributed by atoms with E-state index in [-0.39, 0.29) is 0 Å². The molecule has 0 unspecified atom stereocenters. The summed E-state index contributed by atoms with van der Waals surface area (Å²) in [6.07, 6.45) is 0. The van der Waals surface area contributed by atoms with Gasteiger partial charge in [-0.2, -0.15) is 5.10 Å². The van der Waals surface area contributed by atoms with Gasteiger partial charge in [0.25, 0.3) is 5.91 Å². The Morgan fingerprint density at radius 1 is 1.65 bits per heavy atom. The number of aromatic nitrogens is 2. The Bertz CT molecular complexity index is 435. The molecular weight excluding hydrogens is 218 g/mol. The molecule has 0 bridgehead atoms. The van der Waals surface area contributed by atoms with Gasteiger partial charge in [0.05, 0.1) is 11.7 Å². The summed E-state index contributed by atoms with van der Waals surface area (Å²) in [7, 11) is 1.85. The van der Waals surface area contributed by atoms with Crippen molar-refractivity contribution in [3.63, 3.8) is 0 Å². The van der Waals surface area contributed by atoms with E-state index in [1.54, 1.807) is 4.68 Å². The molecular formula is C11H19N5O. The Morgan fingerprint density at radius 3 is 2.71 bits per heavy atom. The van der Waals surface area contributed by atoms with E-state index in [1.165, 1.54) is 0 Å². The molecule has 6 nitrogen and oxygen atoms in total. The number of amides is 1. The average molecular weight is 237 g/mol. The van der Waals surface area contributed by atoms with Crippen molar-refractivity contribution in [3.05, 3.63) is 11.3 Å². The highest BCUT2D eigenvalue weighted by Crippen LogP contribution is 2.25. The molecule has 0 spiro atoms. The number of aryl methyl sites for hydroxylation is 2. The van der Waals surface area contributed by atoms with Crippen LogP contribution in [-0.2, 0) is 7.05 Å². The molecule has 2 rings (SSSR count). The predicted octanol–water partition coefficient (Wildman–Crippen LogP) is -0.374. The molecule has 1 fully saturated rings. The lowest BCUT2D eigenvalue weighted by molar-refractivity contribution is 0.1000. The van der Waals surface area contributed by atoms with Crippen LogP contribution in [0.2, 0.25) is 0 Å². The Balaban J connectivity index is 2.44. The van der Waals surface area contributed by atoms with E-state index in [4.69, 9.17) is 5.73 Å². The number of anilines is 1. The highest BCUT2D eigenvalue weighted by Gasteiger charge is 2.30. The molecule has 1 amide bonds. The van der Waals surface area contributed by atoms with Gasteiger partial charge in [-0.3, -0.25) is 9.48 Å². The van der Waals surface area contributed by atoms with E-state index in [9.17, 15) is 4.79 Å². The molecule has 2 heterocycles. The second-order valence-corrected chi connectivity index (χ2v) is 4.37. The van der Waals surface area contributed by atoms with E-state index >= 15 is 0 Å². The van der Waals surface area contributed by atoms with Crippen LogP contribution in [0.3, 0.4) is 0 Å². The van der Waals surface area contributed by atoms with Crippen molar-refractivity contribution < 1.29 is 4.79 Å². The molecule has 1 aliphatic heterocycles. The minimum Gasteiger partial charge on any atom is -0.365 e. The van der Waals surface area contributed by atoms with Gasteiger partial charge in [0.15, 0.2) is 0 Å². The van der Waals surface area contributed by atoms with Gasteiger partial charge in [-0.15, -0.1) is 0 Å². The van der Waals surface area contributed by atoms with Crippen LogP contribution in [0.4, 0.5) is 5.82 Å². The molecule has 0 atom stereocenters. The summed E-state index contributed by atoms with van der Waals surface area (Å²) < 4.78 is 1.75. The highest BCUT2D eigenvalue weighted by molar-refractivity contribution is 5.99. The molecule has 1 aliphatic rings. The molecule has 1 saturated heterocycles. The van der Waals surface area contributed by atoms with Gasteiger partial charge in [-0.1, -0.05) is 0 Å². The summed E-state index contributed by atoms with van der Waals surface area (Å²) in [4.78, 5) is 13.7. The summed E-state index contributed by atoms with van der Waals surface area (Å²) in [5.41, 5.74) is 6.68. The van der Waals surface area contributed by atoms with Crippen molar-refractivity contribution in [1.82, 2.24) is 15.1 Å². The summed E-state index contributed by atoms with van der Waals surface area (Å²) in [5, 5.41) is 7.53. The number of rotatable bonds is 4. The molecule has 0 aliphatic carbocycles. The zero-order chi connectivity index (χ0) is 12.6. The minimum atomic E-state index is -0.406. The number of carbonyl (C=O) groups excluding carboxylic acids is 1. The molecule has 6 heteroatoms. The van der Waals surface area contributed by atoms with Crippen LogP contribution < -0.4 is 16.0 Å². The number of hydrogen-bond acceptors (Lipinski definition) is 4. The lowest BCUT2D eigenvalue weighted by Crippen LogP contribution is -2.58. The Morgan fingerprint density at radius 2 is 2.29 bits per heavy atom. The quantitative estimate of drug-likeness (QED) is 0.749. The van der Waals surface area contributed by atoms with Crippen LogP contribution in [0.5, 0.6) is 0 Å². The van der Waals surface area contributed by atoms with E-state index in [0.717, 1.165) is 25.5 Å². The van der Waals surface area contributed by atoms with Gasteiger partial charge >= 0.3 is 0 Å². The van der Waals surface area contributed by atoms with Crippen LogP contribution in [-0.4, -0.2) is 41.4 Å². The SMILES string of the molecule is CCN(c1c(C(N)=O)c(C)nn1C)C1CNC1. The smallest absolute Gasteiger partial charge is 0.254 e. The van der Waals surface area contributed by atoms with Crippen LogP contribution in [0.1, 0.15) is 23.0 Å². The standard InChI is InChI=1S/C11H19N5O/c1-4-16(8-5-13-6-8)11-9(10(12)17)7(2)14-15(11)3/h8,13H,4-6H2,1-3H3,(H2,12,17). The molecule has 1 aromatic heterocycles. The van der Waals surface area contributed by atoms with E-state index in [2.05, 4.69) is 22.2 Å². The van der Waals surface area contributed by atoms with E-state index in [0.29, 0.717) is 17.3 Å². The van der Waals surface area contributed by atoms with Gasteiger partial charge in [-0.05, 0) is 13.8 Å². The minimum absolute atomic E-state index is 0.406. The second-order valence-electron chi connectivity index (χ2n) is 4.37. The Kier molecular flexibility index (Phi) is 3.06. The zero-order valence-corrected chi connectivity index (χ0v) is 10.5. The van der Waals surface area contributed by atoms with Crippen molar-refractivity contribution in [2.24, 2.45) is 12.8 Å². The molecule has 3 N–H and O–H groups in total. The predicted molar refractivity (Wildman–Crippen MR) is 66.1 cm³/mol. The normalized spacial score (nSPS) is 15.7. The number of nitrogens with zero attached hydrogens (tertiary/aromatic N) is 3. The Labute approximate surface area is 101 Å². The number of primary amides is 1. The first kappa shape index (κ1) is 11.9. The zero-order valence-electron chi connectivity index (χ0n) is 10.5. The number of likely N-dealkylation sites (N-methyl/N-ethyl adjacent to an activating group) is 1. The van der Waals surface area contributed by atoms with Crippen LogP contribution in [0.25, 0.3) is 0 Å². The van der Waals surface area contributed by atoms with E-state index in [1.807, 2.05) is 14.0 Å². The lowest BCUT2D eigenvalue weighted by atomic mass is 10.1. The van der Waals surface area contributed by atoms with Gasteiger partial charge in [0.2, 0.25) is 0 Å². The fraction of sp³-hybridized carbons (Fsp3) is 0.636. The molecule has 0 radical (unpaired) electrons. The first-order chi connectivity index (χ1) is 8.06. The lowest BCUT2D eigenvalue weighted by Gasteiger charge is -2.39. The maximum absolute atomic E-state index is 11.5. The van der Waals surface area contributed by atoms with Crippen LogP contribution in [0.15, 0.2) is 0 Å². The summed E-state index contributed by atoms with van der Waals surface area (Å²) in [6.45, 7) is 6.61. The number of nitrogens with two attached hydrogens (primary N) is 1. The first-order valence-corrected chi connectivity index (χ1v) is 5.87. The molecule has 94 valence electrons. The fourth-order valence-corrected chi connectivity index (χ4v) is 2.34. The monoisotopic (exact) mass is 237 g/mol. The third kappa shape index (κ3) is 1.88. The summed E-state index contributed by atoms with van der Waals surface area (Å²) in [6, 6.07) is 0.424. The maximum Gasteiger partial charge on any atom is 0.254 e. The highest BCUT2D eigenvalue weighted by atomic mass is 16.1. The molecule has 1 aromatic rings. The topological polar surface area (TPSA) is 76.2 Å². The number of nitrogens with one attached hydrogen (secondary N) is 1. The second kappa shape index (κ2) is 4.37. The number of carbonyl (C=O) groups is 1. The largest absolute Gasteiger partial charge is 0.365 e. The average Bonchev–Trinajstić information content (AvgIpc) is 2.46. The van der Waals surface area contributed by atoms with E-state index < -0.39 is 5.91 Å². The van der Waals surface area contributed by atoms with Crippen LogP contribution in [0, 0.1) is 6.92 Å². The first-order valence-electron chi connectivity index (χ1n) is 5.87. The van der Waals surface area contributed by atoms with Crippen molar-refractivity contribution >= 4 is 11.7 Å². The van der Waals surface area contributed by atoms with Gasteiger partial charge in [-0.25, -0.2) is 0 Å². The van der Waals surface area contributed by atoms with Gasteiger partial charge < -0.3 is 16.0 Å². The van der Waals surface area contributed by atoms with Crippen molar-refractivity contribution in [2.75, 3.05) is 24.5 Å². The van der Waals surface area contributed by atoms with Crippen molar-refractivity contribution in [1.29, 1.82) is 0 Å². The van der Waals surface area contributed by atoms with Gasteiger partial charge in [0, 0.05) is 26.7 Å². The summed E-state index contributed by atoms with van der Waals surface area (Å²) in [5.74, 6) is 0.431. The third-order valence-corrected chi connectivity index (χ3v) is 3.25. The summed E-state index contributed by atoms with van der Waals surface area (Å²) >= 11 is 0. The maximum atomic E-state index is 11.5. The third-order valence-electron chi connectivity index (χ3n) is 3.25. The molecule has 17 heavy (non-hydrogen) atoms. The fourth-order valence-electron chi connectivity index (χ4n) is 2.34. The van der Waals surface area contributed by atoms with Crippen molar-refractivity contribution in [3.8, 4) is 0 Å². The molecule has 0 saturated carbocycles. The number of hydrogen-bond donors (Lipinski definition) is 2. The van der Waals surface area contributed by atoms with Gasteiger partial charge in [0.1, 0.15) is 11.4 Å². The Hall–Kier alpha value is -1.56. The molecule has 0 aromatic carbocycles.